The highest BCUT2D eigenvalue weighted by Gasteiger charge is 2.16. The Bertz CT molecular complexity index is 678. The quantitative estimate of drug-likeness (QED) is 0.872. The van der Waals surface area contributed by atoms with Crippen LogP contribution in [-0.4, -0.2) is 44.5 Å². The minimum Gasteiger partial charge on any atom is -0.444 e. The molecule has 0 aliphatic heterocycles. The predicted molar refractivity (Wildman–Crippen MR) is 91.2 cm³/mol. The molecule has 2 N–H and O–H groups in total. The minimum atomic E-state index is -0.502. The smallest absolute Gasteiger partial charge is 0.407 e. The maximum absolute atomic E-state index is 11.7. The largest absolute Gasteiger partial charge is 0.444 e. The van der Waals surface area contributed by atoms with Gasteiger partial charge in [-0.1, -0.05) is 6.07 Å². The Morgan fingerprint density at radius 2 is 2.12 bits per heavy atom. The summed E-state index contributed by atoms with van der Waals surface area (Å²) in [4.78, 5) is 11.7. The van der Waals surface area contributed by atoms with Crippen LogP contribution in [0, 0.1) is 6.92 Å². The summed E-state index contributed by atoms with van der Waals surface area (Å²) in [5, 5.41) is 17.3. The van der Waals surface area contributed by atoms with Crippen LogP contribution in [0.4, 0.5) is 10.5 Å². The lowest BCUT2D eigenvalue weighted by molar-refractivity contribution is 0.0526. The first kappa shape index (κ1) is 17.7. The van der Waals surface area contributed by atoms with Gasteiger partial charge in [0, 0.05) is 18.3 Å². The summed E-state index contributed by atoms with van der Waals surface area (Å²) >= 11 is 0. The number of carbonyl (C=O) groups excluding carboxylic acids is 1. The van der Waals surface area contributed by atoms with E-state index in [1.807, 2.05) is 52.8 Å². The molecule has 1 aromatic carbocycles. The Labute approximate surface area is 141 Å². The zero-order valence-corrected chi connectivity index (χ0v) is 14.7. The lowest BCUT2D eigenvalue weighted by Gasteiger charge is -2.21. The molecule has 1 atom stereocenters. The zero-order chi connectivity index (χ0) is 17.7. The molecule has 0 bridgehead atoms. The highest BCUT2D eigenvalue weighted by atomic mass is 16.6. The Balaban J connectivity index is 1.94. The van der Waals surface area contributed by atoms with E-state index in [0.29, 0.717) is 6.54 Å². The molecule has 24 heavy (non-hydrogen) atoms. The van der Waals surface area contributed by atoms with E-state index < -0.39 is 11.7 Å². The highest BCUT2D eigenvalue weighted by Crippen LogP contribution is 2.18. The van der Waals surface area contributed by atoms with Crippen molar-refractivity contribution in [2.45, 2.75) is 46.3 Å². The fraction of sp³-hybridized carbons (Fsp3) is 0.500. The van der Waals surface area contributed by atoms with Crippen LogP contribution in [0.5, 0.6) is 0 Å². The summed E-state index contributed by atoms with van der Waals surface area (Å²) in [6.07, 6.45) is 1.13. The molecular formula is C16H24N6O2. The summed E-state index contributed by atoms with van der Waals surface area (Å²) in [6.45, 7) is 9.93. The second-order valence-electron chi connectivity index (χ2n) is 6.68. The molecular weight excluding hydrogens is 308 g/mol. The number of tetrazole rings is 1. The average Bonchev–Trinajstić information content (AvgIpc) is 2.99. The van der Waals surface area contributed by atoms with Gasteiger partial charge in [0.05, 0.1) is 5.69 Å². The molecule has 1 heterocycles. The van der Waals surface area contributed by atoms with Crippen molar-refractivity contribution >= 4 is 11.8 Å². The molecule has 2 rings (SSSR count). The normalized spacial score (nSPS) is 12.5. The first-order valence-electron chi connectivity index (χ1n) is 7.82. The fourth-order valence-corrected chi connectivity index (χ4v) is 2.10. The summed E-state index contributed by atoms with van der Waals surface area (Å²) < 4.78 is 6.83. The van der Waals surface area contributed by atoms with E-state index in [1.165, 1.54) is 0 Å². The fourth-order valence-electron chi connectivity index (χ4n) is 2.10. The Morgan fingerprint density at radius 1 is 1.38 bits per heavy atom. The molecule has 0 fully saturated rings. The van der Waals surface area contributed by atoms with E-state index >= 15 is 0 Å². The predicted octanol–water partition coefficient (Wildman–Crippen LogP) is 2.30. The number of alkyl carbamates (subject to hydrolysis) is 1. The van der Waals surface area contributed by atoms with Crippen LogP contribution in [0.15, 0.2) is 24.5 Å². The van der Waals surface area contributed by atoms with Gasteiger partial charge in [-0.15, -0.1) is 5.10 Å². The van der Waals surface area contributed by atoms with Crippen LogP contribution in [0.2, 0.25) is 0 Å². The van der Waals surface area contributed by atoms with Crippen molar-refractivity contribution in [3.05, 3.63) is 30.1 Å². The van der Waals surface area contributed by atoms with Gasteiger partial charge in [-0.05, 0) is 62.7 Å². The van der Waals surface area contributed by atoms with Crippen LogP contribution in [0.1, 0.15) is 33.3 Å². The number of ether oxygens (including phenoxy) is 1. The Hall–Kier alpha value is -2.64. The summed E-state index contributed by atoms with van der Waals surface area (Å²) in [5.74, 6) is 0. The number of carbonyl (C=O) groups is 1. The summed E-state index contributed by atoms with van der Waals surface area (Å²) in [6, 6.07) is 5.97. The van der Waals surface area contributed by atoms with Gasteiger partial charge in [0.2, 0.25) is 0 Å². The van der Waals surface area contributed by atoms with Gasteiger partial charge in [0.15, 0.2) is 0 Å². The molecule has 130 valence electrons. The van der Waals surface area contributed by atoms with E-state index in [1.54, 1.807) is 11.0 Å². The van der Waals surface area contributed by atoms with Gasteiger partial charge in [-0.3, -0.25) is 0 Å². The molecule has 8 heteroatoms. The van der Waals surface area contributed by atoms with Gasteiger partial charge < -0.3 is 15.4 Å². The second-order valence-corrected chi connectivity index (χ2v) is 6.68. The van der Waals surface area contributed by atoms with Crippen LogP contribution in [0.3, 0.4) is 0 Å². The molecule has 0 saturated carbocycles. The third kappa shape index (κ3) is 5.22. The topological polar surface area (TPSA) is 94.0 Å². The van der Waals surface area contributed by atoms with E-state index in [9.17, 15) is 4.79 Å². The van der Waals surface area contributed by atoms with Crippen molar-refractivity contribution in [2.24, 2.45) is 0 Å². The third-order valence-corrected chi connectivity index (χ3v) is 3.17. The van der Waals surface area contributed by atoms with E-state index in [0.717, 1.165) is 16.9 Å². The van der Waals surface area contributed by atoms with Crippen molar-refractivity contribution in [1.29, 1.82) is 0 Å². The van der Waals surface area contributed by atoms with Crippen molar-refractivity contribution in [3.63, 3.8) is 0 Å². The first-order valence-corrected chi connectivity index (χ1v) is 7.82. The monoisotopic (exact) mass is 332 g/mol. The average molecular weight is 332 g/mol. The number of aromatic nitrogens is 4. The summed E-state index contributed by atoms with van der Waals surface area (Å²) in [5.41, 5.74) is 2.38. The molecule has 0 radical (unpaired) electrons. The van der Waals surface area contributed by atoms with Crippen LogP contribution in [-0.2, 0) is 4.74 Å². The van der Waals surface area contributed by atoms with Crippen molar-refractivity contribution in [1.82, 2.24) is 25.5 Å². The van der Waals surface area contributed by atoms with Crippen molar-refractivity contribution in [3.8, 4) is 5.69 Å². The molecule has 1 amide bonds. The Kier molecular flexibility index (Phi) is 5.38. The van der Waals surface area contributed by atoms with E-state index in [-0.39, 0.29) is 6.04 Å². The van der Waals surface area contributed by atoms with Crippen molar-refractivity contribution < 1.29 is 9.53 Å². The van der Waals surface area contributed by atoms with Gasteiger partial charge >= 0.3 is 6.09 Å². The number of benzene rings is 1. The molecule has 0 aliphatic carbocycles. The van der Waals surface area contributed by atoms with E-state index in [2.05, 4.69) is 26.2 Å². The van der Waals surface area contributed by atoms with Gasteiger partial charge in [0.1, 0.15) is 11.9 Å². The molecule has 0 saturated heterocycles. The maximum Gasteiger partial charge on any atom is 0.407 e. The molecule has 2 aromatic rings. The number of amides is 1. The first-order chi connectivity index (χ1) is 11.2. The van der Waals surface area contributed by atoms with Gasteiger partial charge in [-0.25, -0.2) is 9.48 Å². The number of nitrogens with one attached hydrogen (secondary N) is 2. The zero-order valence-electron chi connectivity index (χ0n) is 14.7. The molecule has 1 unspecified atom stereocenters. The minimum absolute atomic E-state index is 0.0296. The summed E-state index contributed by atoms with van der Waals surface area (Å²) in [7, 11) is 0. The maximum atomic E-state index is 11.7. The van der Waals surface area contributed by atoms with E-state index in [4.69, 9.17) is 4.74 Å². The highest BCUT2D eigenvalue weighted by molar-refractivity contribution is 5.67. The standard InChI is InChI=1S/C16H24N6O2/c1-11-6-7-13(8-14(11)22-10-18-20-21-22)19-12(2)9-17-15(23)24-16(3,4)5/h6-8,10,12,19H,9H2,1-5H3,(H,17,23). The van der Waals surface area contributed by atoms with Gasteiger partial charge in [-0.2, -0.15) is 0 Å². The lowest BCUT2D eigenvalue weighted by atomic mass is 10.1. The van der Waals surface area contributed by atoms with Crippen LogP contribution in [0.25, 0.3) is 5.69 Å². The number of aryl methyl sites for hydroxylation is 1. The molecule has 0 spiro atoms. The lowest BCUT2D eigenvalue weighted by Crippen LogP contribution is -2.38. The number of hydrogen-bond donors (Lipinski definition) is 2. The number of rotatable bonds is 5. The third-order valence-electron chi connectivity index (χ3n) is 3.17. The number of hydrogen-bond acceptors (Lipinski definition) is 6. The number of nitrogens with zero attached hydrogens (tertiary/aromatic N) is 4. The Morgan fingerprint density at radius 3 is 2.75 bits per heavy atom. The van der Waals surface area contributed by atoms with Crippen LogP contribution >= 0.6 is 0 Å². The molecule has 0 aliphatic rings. The van der Waals surface area contributed by atoms with Gasteiger partial charge in [0.25, 0.3) is 0 Å². The molecule has 1 aromatic heterocycles. The second kappa shape index (κ2) is 7.29. The molecule has 8 nitrogen and oxygen atoms in total. The number of anilines is 1. The van der Waals surface area contributed by atoms with Crippen molar-refractivity contribution in [2.75, 3.05) is 11.9 Å². The SMILES string of the molecule is Cc1ccc(NC(C)CNC(=O)OC(C)(C)C)cc1-n1cnnn1. The van der Waals surface area contributed by atoms with Crippen LogP contribution < -0.4 is 10.6 Å².